The van der Waals surface area contributed by atoms with Crippen LogP contribution in [0.3, 0.4) is 0 Å². The van der Waals surface area contributed by atoms with E-state index in [1.165, 1.54) is 24.8 Å². The molecule has 4 heteroatoms. The fraction of sp³-hybridized carbons (Fsp3) is 0.647. The van der Waals surface area contributed by atoms with Crippen molar-refractivity contribution in [2.75, 3.05) is 34.4 Å². The zero-order chi connectivity index (χ0) is 14.9. The smallest absolute Gasteiger partial charge is 0.124 e. The normalized spacial score (nSPS) is 23.1. The first-order valence-electron chi connectivity index (χ1n) is 7.86. The molecule has 0 spiro atoms. The van der Waals surface area contributed by atoms with Gasteiger partial charge in [0, 0.05) is 30.1 Å². The molecule has 116 valence electrons. The third kappa shape index (κ3) is 2.74. The van der Waals surface area contributed by atoms with Crippen molar-refractivity contribution in [3.63, 3.8) is 0 Å². The van der Waals surface area contributed by atoms with Crippen LogP contribution >= 0.6 is 0 Å². The first-order chi connectivity index (χ1) is 10.1. The molecule has 1 heterocycles. The van der Waals surface area contributed by atoms with Gasteiger partial charge in [-0.15, -0.1) is 0 Å². The second kappa shape index (κ2) is 5.85. The lowest BCUT2D eigenvalue weighted by Gasteiger charge is -2.48. The molecule has 1 aliphatic carbocycles. The Morgan fingerprint density at radius 3 is 2.81 bits per heavy atom. The van der Waals surface area contributed by atoms with E-state index in [2.05, 4.69) is 30.4 Å². The standard InChI is InChI=1S/C17H26N2O2/c1-19(2)17(8-4-9-17)12-18-15-7-10-21-16-6-5-13(20-3)11-14(15)16/h5-6,11,15,18H,4,7-10,12H2,1-3H3. The highest BCUT2D eigenvalue weighted by Crippen LogP contribution is 2.38. The molecule has 0 aromatic heterocycles. The molecule has 0 amide bonds. The molecule has 1 saturated carbocycles. The van der Waals surface area contributed by atoms with Crippen molar-refractivity contribution >= 4 is 0 Å². The molecule has 1 aliphatic heterocycles. The van der Waals surface area contributed by atoms with Gasteiger partial charge in [-0.25, -0.2) is 0 Å². The Balaban J connectivity index is 1.73. The fourth-order valence-corrected chi connectivity index (χ4v) is 3.39. The minimum atomic E-state index is 0.345. The quantitative estimate of drug-likeness (QED) is 0.904. The number of rotatable bonds is 5. The predicted octanol–water partition coefficient (Wildman–Crippen LogP) is 2.59. The number of hydrogen-bond donors (Lipinski definition) is 1. The summed E-state index contributed by atoms with van der Waals surface area (Å²) in [6.45, 7) is 1.83. The summed E-state index contributed by atoms with van der Waals surface area (Å²) in [4.78, 5) is 2.38. The largest absolute Gasteiger partial charge is 0.497 e. The molecule has 1 aromatic rings. The van der Waals surface area contributed by atoms with E-state index < -0.39 is 0 Å². The molecule has 1 aromatic carbocycles. The average molecular weight is 290 g/mol. The van der Waals surface area contributed by atoms with Crippen molar-refractivity contribution in [3.05, 3.63) is 23.8 Å². The first kappa shape index (κ1) is 14.7. The summed E-state index contributed by atoms with van der Waals surface area (Å²) in [6, 6.07) is 6.46. The van der Waals surface area contributed by atoms with Gasteiger partial charge in [0.1, 0.15) is 11.5 Å². The lowest BCUT2D eigenvalue weighted by atomic mass is 9.75. The summed E-state index contributed by atoms with van der Waals surface area (Å²) < 4.78 is 11.1. The van der Waals surface area contributed by atoms with Crippen molar-refractivity contribution in [2.45, 2.75) is 37.3 Å². The maximum atomic E-state index is 5.77. The molecule has 0 saturated heterocycles. The molecular formula is C17H26N2O2. The van der Waals surface area contributed by atoms with Crippen LogP contribution in [0.1, 0.15) is 37.3 Å². The van der Waals surface area contributed by atoms with E-state index in [9.17, 15) is 0 Å². The van der Waals surface area contributed by atoms with E-state index in [4.69, 9.17) is 9.47 Å². The molecule has 0 radical (unpaired) electrons. The molecular weight excluding hydrogens is 264 g/mol. The Morgan fingerprint density at radius 1 is 1.38 bits per heavy atom. The van der Waals surface area contributed by atoms with Crippen molar-refractivity contribution in [3.8, 4) is 11.5 Å². The van der Waals surface area contributed by atoms with E-state index in [-0.39, 0.29) is 0 Å². The Labute approximate surface area is 127 Å². The molecule has 3 rings (SSSR count). The Kier molecular flexibility index (Phi) is 4.09. The lowest BCUT2D eigenvalue weighted by molar-refractivity contribution is 0.0552. The number of nitrogens with zero attached hydrogens (tertiary/aromatic N) is 1. The Morgan fingerprint density at radius 2 is 2.19 bits per heavy atom. The number of likely N-dealkylation sites (N-methyl/N-ethyl adjacent to an activating group) is 1. The van der Waals surface area contributed by atoms with Crippen LogP contribution in [0.15, 0.2) is 18.2 Å². The van der Waals surface area contributed by atoms with Gasteiger partial charge < -0.3 is 19.7 Å². The van der Waals surface area contributed by atoms with E-state index in [0.29, 0.717) is 11.6 Å². The minimum absolute atomic E-state index is 0.345. The number of methoxy groups -OCH3 is 1. The molecule has 1 atom stereocenters. The summed E-state index contributed by atoms with van der Waals surface area (Å²) in [7, 11) is 6.10. The second-order valence-corrected chi connectivity index (χ2v) is 6.45. The SMILES string of the molecule is COc1ccc2c(c1)C(NCC1(N(C)C)CCC1)CCO2. The highest BCUT2D eigenvalue weighted by atomic mass is 16.5. The van der Waals surface area contributed by atoms with Gasteiger partial charge in [0.05, 0.1) is 13.7 Å². The molecule has 0 bridgehead atoms. The summed E-state index contributed by atoms with van der Waals surface area (Å²) >= 11 is 0. The summed E-state index contributed by atoms with van der Waals surface area (Å²) in [5.41, 5.74) is 1.57. The van der Waals surface area contributed by atoms with Gasteiger partial charge in [0.15, 0.2) is 0 Å². The van der Waals surface area contributed by atoms with Crippen LogP contribution in [-0.2, 0) is 0 Å². The van der Waals surface area contributed by atoms with Gasteiger partial charge >= 0.3 is 0 Å². The zero-order valence-corrected chi connectivity index (χ0v) is 13.3. The molecule has 21 heavy (non-hydrogen) atoms. The maximum Gasteiger partial charge on any atom is 0.124 e. The fourth-order valence-electron chi connectivity index (χ4n) is 3.39. The van der Waals surface area contributed by atoms with Crippen LogP contribution in [0.25, 0.3) is 0 Å². The predicted molar refractivity (Wildman–Crippen MR) is 84.1 cm³/mol. The number of ether oxygens (including phenoxy) is 2. The van der Waals surface area contributed by atoms with Crippen molar-refractivity contribution in [1.29, 1.82) is 0 Å². The number of nitrogens with one attached hydrogen (secondary N) is 1. The number of hydrogen-bond acceptors (Lipinski definition) is 4. The summed E-state index contributed by atoms with van der Waals surface area (Å²) in [6.07, 6.45) is 4.95. The van der Waals surface area contributed by atoms with E-state index >= 15 is 0 Å². The molecule has 1 fully saturated rings. The molecule has 1 N–H and O–H groups in total. The summed E-state index contributed by atoms with van der Waals surface area (Å²) in [5.74, 6) is 1.89. The van der Waals surface area contributed by atoms with Crippen LogP contribution in [0.2, 0.25) is 0 Å². The van der Waals surface area contributed by atoms with Crippen LogP contribution < -0.4 is 14.8 Å². The van der Waals surface area contributed by atoms with Crippen LogP contribution in [0, 0.1) is 0 Å². The van der Waals surface area contributed by atoms with Crippen LogP contribution in [0.4, 0.5) is 0 Å². The van der Waals surface area contributed by atoms with Gasteiger partial charge in [-0.3, -0.25) is 0 Å². The molecule has 4 nitrogen and oxygen atoms in total. The van der Waals surface area contributed by atoms with Crippen LogP contribution in [0.5, 0.6) is 11.5 Å². The first-order valence-corrected chi connectivity index (χ1v) is 7.86. The van der Waals surface area contributed by atoms with Crippen LogP contribution in [-0.4, -0.2) is 44.8 Å². The van der Waals surface area contributed by atoms with Gasteiger partial charge in [-0.1, -0.05) is 0 Å². The molecule has 1 unspecified atom stereocenters. The maximum absolute atomic E-state index is 5.77. The average Bonchev–Trinajstić information content (AvgIpc) is 2.45. The minimum Gasteiger partial charge on any atom is -0.497 e. The van der Waals surface area contributed by atoms with Gasteiger partial charge in [-0.05, 0) is 51.6 Å². The van der Waals surface area contributed by atoms with Gasteiger partial charge in [0.25, 0.3) is 0 Å². The van der Waals surface area contributed by atoms with Crippen molar-refractivity contribution in [2.24, 2.45) is 0 Å². The Hall–Kier alpha value is -1.26. The molecule has 2 aliphatic rings. The summed E-state index contributed by atoms with van der Waals surface area (Å²) in [5, 5.41) is 3.78. The topological polar surface area (TPSA) is 33.7 Å². The van der Waals surface area contributed by atoms with E-state index in [0.717, 1.165) is 31.1 Å². The van der Waals surface area contributed by atoms with Gasteiger partial charge in [0.2, 0.25) is 0 Å². The highest BCUT2D eigenvalue weighted by Gasteiger charge is 2.39. The second-order valence-electron chi connectivity index (χ2n) is 6.45. The van der Waals surface area contributed by atoms with E-state index in [1.807, 2.05) is 12.1 Å². The Bertz CT molecular complexity index is 498. The monoisotopic (exact) mass is 290 g/mol. The van der Waals surface area contributed by atoms with Gasteiger partial charge in [-0.2, -0.15) is 0 Å². The number of fused-ring (bicyclic) bond motifs is 1. The van der Waals surface area contributed by atoms with Crippen molar-refractivity contribution < 1.29 is 9.47 Å². The zero-order valence-electron chi connectivity index (χ0n) is 13.3. The third-order valence-electron chi connectivity index (χ3n) is 5.17. The number of benzene rings is 1. The lowest BCUT2D eigenvalue weighted by Crippen LogP contribution is -2.57. The highest BCUT2D eigenvalue weighted by molar-refractivity contribution is 5.43. The third-order valence-corrected chi connectivity index (χ3v) is 5.17. The van der Waals surface area contributed by atoms with Crippen molar-refractivity contribution in [1.82, 2.24) is 10.2 Å². The van der Waals surface area contributed by atoms with E-state index in [1.54, 1.807) is 7.11 Å².